The number of rotatable bonds is 7. The van der Waals surface area contributed by atoms with Gasteiger partial charge in [0.15, 0.2) is 0 Å². The molecule has 21 heavy (non-hydrogen) atoms. The van der Waals surface area contributed by atoms with Crippen LogP contribution in [-0.2, 0) is 19.6 Å². The minimum Gasteiger partial charge on any atom is -0.495 e. The predicted molar refractivity (Wildman–Crippen MR) is 72.0 cm³/mol. The maximum absolute atomic E-state index is 12.4. The zero-order valence-corrected chi connectivity index (χ0v) is 12.4. The van der Waals surface area contributed by atoms with Crippen molar-refractivity contribution in [3.8, 4) is 5.75 Å². The molecule has 0 amide bonds. The van der Waals surface area contributed by atoms with Crippen molar-refractivity contribution in [1.82, 2.24) is 4.31 Å². The van der Waals surface area contributed by atoms with Gasteiger partial charge >= 0.3 is 11.9 Å². The van der Waals surface area contributed by atoms with Crippen LogP contribution in [0.5, 0.6) is 5.75 Å². The van der Waals surface area contributed by atoms with Crippen molar-refractivity contribution in [3.63, 3.8) is 0 Å². The van der Waals surface area contributed by atoms with Gasteiger partial charge in [-0.15, -0.1) is 0 Å². The van der Waals surface area contributed by atoms with E-state index >= 15 is 0 Å². The third-order valence-corrected chi connectivity index (χ3v) is 4.43. The van der Waals surface area contributed by atoms with E-state index < -0.39 is 35.1 Å². The number of halogens is 1. The van der Waals surface area contributed by atoms with Gasteiger partial charge < -0.3 is 14.9 Å². The highest BCUT2D eigenvalue weighted by molar-refractivity contribution is 7.89. The fourth-order valence-electron chi connectivity index (χ4n) is 1.52. The quantitative estimate of drug-likeness (QED) is 0.743. The Balaban J connectivity index is 3.34. The molecule has 10 heteroatoms. The minimum absolute atomic E-state index is 0.108. The third-order valence-electron chi connectivity index (χ3n) is 2.37. The lowest BCUT2D eigenvalue weighted by atomic mass is 10.3. The van der Waals surface area contributed by atoms with E-state index in [4.69, 9.17) is 26.6 Å². The molecule has 0 saturated heterocycles. The van der Waals surface area contributed by atoms with Crippen LogP contribution in [0.3, 0.4) is 0 Å². The van der Waals surface area contributed by atoms with Crippen LogP contribution in [0.1, 0.15) is 0 Å². The summed E-state index contributed by atoms with van der Waals surface area (Å²) in [6.07, 6.45) is 0. The lowest BCUT2D eigenvalue weighted by Gasteiger charge is -2.19. The molecule has 1 aromatic rings. The van der Waals surface area contributed by atoms with Crippen molar-refractivity contribution >= 4 is 33.6 Å². The molecule has 0 aromatic heterocycles. The monoisotopic (exact) mass is 337 g/mol. The highest BCUT2D eigenvalue weighted by Gasteiger charge is 2.31. The number of hydrogen-bond donors (Lipinski definition) is 2. The number of sulfonamides is 1. The zero-order valence-electron chi connectivity index (χ0n) is 10.8. The van der Waals surface area contributed by atoms with Gasteiger partial charge in [-0.25, -0.2) is 8.42 Å². The molecule has 0 aliphatic rings. The third kappa shape index (κ3) is 4.31. The number of nitrogens with zero attached hydrogens (tertiary/aromatic N) is 1. The van der Waals surface area contributed by atoms with E-state index in [0.29, 0.717) is 4.31 Å². The van der Waals surface area contributed by atoms with Gasteiger partial charge in [-0.3, -0.25) is 9.59 Å². The fraction of sp³-hybridized carbons (Fsp3) is 0.273. The Morgan fingerprint density at radius 3 is 2.19 bits per heavy atom. The number of carbonyl (C=O) groups is 2. The highest BCUT2D eigenvalue weighted by Crippen LogP contribution is 2.29. The van der Waals surface area contributed by atoms with Crippen LogP contribution in [0, 0.1) is 0 Å². The molecule has 0 aliphatic carbocycles. The summed E-state index contributed by atoms with van der Waals surface area (Å²) in [7, 11) is -3.15. The van der Waals surface area contributed by atoms with E-state index in [9.17, 15) is 18.0 Å². The second kappa shape index (κ2) is 6.74. The molecule has 0 heterocycles. The molecule has 1 aromatic carbocycles. The lowest BCUT2D eigenvalue weighted by Crippen LogP contribution is -2.39. The molecule has 0 bridgehead atoms. The molecule has 0 atom stereocenters. The largest absolute Gasteiger partial charge is 0.495 e. The van der Waals surface area contributed by atoms with Gasteiger partial charge in [-0.2, -0.15) is 4.31 Å². The van der Waals surface area contributed by atoms with Crippen LogP contribution < -0.4 is 4.74 Å². The van der Waals surface area contributed by atoms with Gasteiger partial charge in [-0.1, -0.05) is 11.6 Å². The second-order valence-corrected chi connectivity index (χ2v) is 6.20. The molecular weight excluding hydrogens is 326 g/mol. The van der Waals surface area contributed by atoms with Crippen LogP contribution in [0.15, 0.2) is 23.1 Å². The molecule has 0 unspecified atom stereocenters. The van der Waals surface area contributed by atoms with E-state index in [2.05, 4.69) is 0 Å². The maximum Gasteiger partial charge on any atom is 0.318 e. The van der Waals surface area contributed by atoms with Crippen molar-refractivity contribution in [2.75, 3.05) is 20.2 Å². The van der Waals surface area contributed by atoms with E-state index in [1.54, 1.807) is 0 Å². The predicted octanol–water partition coefficient (Wildman–Crippen LogP) is 0.509. The van der Waals surface area contributed by atoms with Gasteiger partial charge in [0, 0.05) is 11.1 Å². The number of methoxy groups -OCH3 is 1. The van der Waals surface area contributed by atoms with E-state index in [-0.39, 0.29) is 15.7 Å². The Hall–Kier alpha value is -1.84. The lowest BCUT2D eigenvalue weighted by molar-refractivity contribution is -0.139. The first-order chi connectivity index (χ1) is 9.68. The maximum atomic E-state index is 12.4. The summed E-state index contributed by atoms with van der Waals surface area (Å²) >= 11 is 5.72. The van der Waals surface area contributed by atoms with Gasteiger partial charge in [0.2, 0.25) is 10.0 Å². The number of carboxylic acid groups (broad SMARTS) is 2. The summed E-state index contributed by atoms with van der Waals surface area (Å²) in [6.45, 7) is -1.97. The average molecular weight is 338 g/mol. The summed E-state index contributed by atoms with van der Waals surface area (Å²) < 4.78 is 30.0. The first-order valence-electron chi connectivity index (χ1n) is 5.45. The van der Waals surface area contributed by atoms with Crippen LogP contribution in [0.25, 0.3) is 0 Å². The minimum atomic E-state index is -4.36. The Morgan fingerprint density at radius 2 is 1.76 bits per heavy atom. The van der Waals surface area contributed by atoms with Crippen LogP contribution in [0.2, 0.25) is 5.02 Å². The van der Waals surface area contributed by atoms with Gasteiger partial charge in [0.05, 0.1) is 7.11 Å². The summed E-state index contributed by atoms with van der Waals surface area (Å²) in [6, 6.07) is 3.62. The van der Waals surface area contributed by atoms with Crippen molar-refractivity contribution in [3.05, 3.63) is 23.2 Å². The smallest absolute Gasteiger partial charge is 0.318 e. The van der Waals surface area contributed by atoms with Gasteiger partial charge in [-0.05, 0) is 12.1 Å². The topological polar surface area (TPSA) is 121 Å². The van der Waals surface area contributed by atoms with E-state index in [0.717, 1.165) is 6.07 Å². The summed E-state index contributed by atoms with van der Waals surface area (Å²) in [5.74, 6) is -3.07. The molecule has 116 valence electrons. The molecule has 1 rings (SSSR count). The van der Waals surface area contributed by atoms with E-state index in [1.807, 2.05) is 0 Å². The SMILES string of the molecule is COc1cc(Cl)ccc1S(=O)(=O)N(CC(=O)O)CC(=O)O. The van der Waals surface area contributed by atoms with E-state index in [1.165, 1.54) is 19.2 Å². The summed E-state index contributed by atoms with van der Waals surface area (Å²) in [5, 5.41) is 17.7. The highest BCUT2D eigenvalue weighted by atomic mass is 35.5. The molecule has 0 radical (unpaired) electrons. The van der Waals surface area contributed by atoms with Crippen molar-refractivity contribution < 1.29 is 33.0 Å². The summed E-state index contributed by atoms with van der Waals surface area (Å²) in [4.78, 5) is 21.1. The molecule has 0 fully saturated rings. The van der Waals surface area contributed by atoms with Crippen molar-refractivity contribution in [2.45, 2.75) is 4.90 Å². The average Bonchev–Trinajstić information content (AvgIpc) is 2.36. The molecule has 0 saturated carbocycles. The molecule has 8 nitrogen and oxygen atoms in total. The second-order valence-electron chi connectivity index (χ2n) is 3.86. The Bertz CT molecular complexity index is 643. The number of carboxylic acids is 2. The zero-order chi connectivity index (χ0) is 16.2. The summed E-state index contributed by atoms with van der Waals surface area (Å²) in [5.41, 5.74) is 0. The van der Waals surface area contributed by atoms with Crippen molar-refractivity contribution in [2.24, 2.45) is 0 Å². The Morgan fingerprint density at radius 1 is 1.24 bits per heavy atom. The molecule has 0 spiro atoms. The van der Waals surface area contributed by atoms with Gasteiger partial charge in [0.25, 0.3) is 0 Å². The fourth-order valence-corrected chi connectivity index (χ4v) is 3.16. The van der Waals surface area contributed by atoms with Gasteiger partial charge in [0.1, 0.15) is 23.7 Å². The Kier molecular flexibility index (Phi) is 5.53. The first-order valence-corrected chi connectivity index (χ1v) is 7.27. The van der Waals surface area contributed by atoms with Crippen LogP contribution in [-0.4, -0.2) is 55.1 Å². The number of aliphatic carboxylic acids is 2. The molecule has 0 aliphatic heterocycles. The standard InChI is InChI=1S/C11H12ClNO7S/c1-20-8-4-7(12)2-3-9(8)21(18,19)13(5-10(14)15)6-11(16)17/h2-4H,5-6H2,1H3,(H,14,15)(H,16,17). The Labute approximate surface area is 125 Å². The first kappa shape index (κ1) is 17.2. The number of hydrogen-bond acceptors (Lipinski definition) is 5. The molecular formula is C11H12ClNO7S. The normalized spacial score (nSPS) is 11.4. The van der Waals surface area contributed by atoms with Crippen LogP contribution >= 0.6 is 11.6 Å². The van der Waals surface area contributed by atoms with Crippen molar-refractivity contribution in [1.29, 1.82) is 0 Å². The number of ether oxygens (including phenoxy) is 1. The van der Waals surface area contributed by atoms with Crippen LogP contribution in [0.4, 0.5) is 0 Å². The number of benzene rings is 1. The molecule has 2 N–H and O–H groups in total.